The van der Waals surface area contributed by atoms with Crippen LogP contribution in [0.1, 0.15) is 10.6 Å². The summed E-state index contributed by atoms with van der Waals surface area (Å²) in [6.45, 7) is 3.85. The smallest absolute Gasteiger partial charge is 0.196 e. The van der Waals surface area contributed by atoms with Crippen LogP contribution in [-0.4, -0.2) is 16.5 Å². The van der Waals surface area contributed by atoms with Crippen molar-refractivity contribution >= 4 is 27.8 Å². The van der Waals surface area contributed by atoms with E-state index < -0.39 is 11.6 Å². The van der Waals surface area contributed by atoms with Crippen molar-refractivity contribution in [1.29, 1.82) is 0 Å². The summed E-state index contributed by atoms with van der Waals surface area (Å²) in [6.07, 6.45) is 0. The molecule has 4 aromatic rings. The molecule has 0 spiro atoms. The molecule has 0 aliphatic rings. The van der Waals surface area contributed by atoms with Crippen LogP contribution in [0.25, 0.3) is 16.2 Å². The van der Waals surface area contributed by atoms with E-state index in [9.17, 15) is 13.2 Å². The number of fused-ring (bicyclic) bond motifs is 1. The van der Waals surface area contributed by atoms with Crippen molar-refractivity contribution in [3.8, 4) is 17.0 Å². The number of aryl methyl sites for hydroxylation is 2. The highest BCUT2D eigenvalue weighted by molar-refractivity contribution is 7.17. The van der Waals surface area contributed by atoms with Crippen LogP contribution in [0.3, 0.4) is 0 Å². The van der Waals surface area contributed by atoms with E-state index in [-0.39, 0.29) is 22.8 Å². The number of hydrogen-bond acceptors (Lipinski definition) is 4. The van der Waals surface area contributed by atoms with E-state index in [2.05, 4.69) is 10.3 Å². The molecule has 144 valence electrons. The van der Waals surface area contributed by atoms with Crippen LogP contribution in [0.5, 0.6) is 5.75 Å². The number of nitrogens with zero attached hydrogens (tertiary/aromatic N) is 2. The summed E-state index contributed by atoms with van der Waals surface area (Å²) in [5.74, 6) is -1.44. The van der Waals surface area contributed by atoms with Crippen molar-refractivity contribution in [2.24, 2.45) is 0 Å². The zero-order valence-corrected chi connectivity index (χ0v) is 16.1. The van der Waals surface area contributed by atoms with Gasteiger partial charge in [0.1, 0.15) is 34.7 Å². The molecule has 2 aromatic heterocycles. The lowest BCUT2D eigenvalue weighted by Crippen LogP contribution is -2.00. The Bertz CT molecular complexity index is 1160. The summed E-state index contributed by atoms with van der Waals surface area (Å²) in [5, 5.41) is 3.13. The first-order valence-electron chi connectivity index (χ1n) is 8.43. The minimum Gasteiger partial charge on any atom is -0.497 e. The topological polar surface area (TPSA) is 38.6 Å². The largest absolute Gasteiger partial charge is 0.497 e. The van der Waals surface area contributed by atoms with Crippen LogP contribution in [0.2, 0.25) is 0 Å². The van der Waals surface area contributed by atoms with Crippen LogP contribution >= 0.6 is 11.3 Å². The van der Waals surface area contributed by atoms with Gasteiger partial charge in [0.05, 0.1) is 12.7 Å². The third-order valence-electron chi connectivity index (χ3n) is 4.53. The fraction of sp³-hybridized carbons (Fsp3) is 0.150. The number of rotatable bonds is 4. The number of imidazole rings is 1. The van der Waals surface area contributed by atoms with Gasteiger partial charge in [0, 0.05) is 28.4 Å². The second-order valence-corrected chi connectivity index (χ2v) is 7.45. The molecule has 0 fully saturated rings. The van der Waals surface area contributed by atoms with Crippen LogP contribution < -0.4 is 10.1 Å². The number of halogens is 3. The molecule has 0 bridgehead atoms. The Labute approximate surface area is 163 Å². The molecule has 28 heavy (non-hydrogen) atoms. The number of thiazole rings is 1. The van der Waals surface area contributed by atoms with E-state index in [1.165, 1.54) is 30.6 Å². The number of anilines is 2. The number of hydrogen-bond donors (Lipinski definition) is 1. The van der Waals surface area contributed by atoms with E-state index in [0.717, 1.165) is 22.7 Å². The highest BCUT2D eigenvalue weighted by Gasteiger charge is 2.24. The van der Waals surface area contributed by atoms with Crippen LogP contribution in [0.4, 0.5) is 24.7 Å². The maximum atomic E-state index is 14.7. The first kappa shape index (κ1) is 18.4. The Morgan fingerprint density at radius 2 is 1.68 bits per heavy atom. The van der Waals surface area contributed by atoms with E-state index in [1.807, 2.05) is 18.2 Å². The Hall–Kier alpha value is -3.00. The number of nitrogens with one attached hydrogen (secondary N) is 1. The summed E-state index contributed by atoms with van der Waals surface area (Å²) >= 11 is 1.42. The minimum atomic E-state index is -0.779. The van der Waals surface area contributed by atoms with Gasteiger partial charge in [-0.05, 0) is 38.1 Å². The van der Waals surface area contributed by atoms with Gasteiger partial charge in [-0.25, -0.2) is 18.2 Å². The van der Waals surface area contributed by atoms with E-state index in [4.69, 9.17) is 4.74 Å². The molecule has 0 saturated carbocycles. The molecule has 0 saturated heterocycles. The quantitative estimate of drug-likeness (QED) is 0.465. The van der Waals surface area contributed by atoms with E-state index >= 15 is 0 Å². The van der Waals surface area contributed by atoms with Gasteiger partial charge >= 0.3 is 0 Å². The monoisotopic (exact) mass is 403 g/mol. The normalized spacial score (nSPS) is 11.2. The van der Waals surface area contributed by atoms with Gasteiger partial charge in [0.15, 0.2) is 4.96 Å². The molecule has 4 nitrogen and oxygen atoms in total. The highest BCUT2D eigenvalue weighted by Crippen LogP contribution is 2.39. The predicted molar refractivity (Wildman–Crippen MR) is 104 cm³/mol. The lowest BCUT2D eigenvalue weighted by molar-refractivity contribution is 0.407. The highest BCUT2D eigenvalue weighted by atomic mass is 32.1. The summed E-state index contributed by atoms with van der Waals surface area (Å²) in [5.41, 5.74) is 1.36. The first-order valence-corrected chi connectivity index (χ1v) is 9.25. The average molecular weight is 403 g/mol. The van der Waals surface area contributed by atoms with E-state index in [1.54, 1.807) is 12.1 Å². The van der Waals surface area contributed by atoms with Crippen molar-refractivity contribution in [3.05, 3.63) is 64.4 Å². The fourth-order valence-corrected chi connectivity index (χ4v) is 3.97. The van der Waals surface area contributed by atoms with Gasteiger partial charge in [0.25, 0.3) is 0 Å². The van der Waals surface area contributed by atoms with Crippen molar-refractivity contribution in [3.63, 3.8) is 0 Å². The second-order valence-electron chi connectivity index (χ2n) is 6.27. The SMILES string of the molecule is COc1cc(F)c(-c2nc3sc(C)c(C)n3c2Nc2ccc(F)cc2)c(F)c1. The number of ether oxygens (including phenoxy) is 1. The van der Waals surface area contributed by atoms with Crippen molar-refractivity contribution in [2.45, 2.75) is 13.8 Å². The van der Waals surface area contributed by atoms with Crippen molar-refractivity contribution < 1.29 is 17.9 Å². The third-order valence-corrected chi connectivity index (χ3v) is 5.59. The molecule has 0 amide bonds. The average Bonchev–Trinajstić information content (AvgIpc) is 3.13. The molecular weight excluding hydrogens is 387 g/mol. The Morgan fingerprint density at radius 1 is 1.04 bits per heavy atom. The second kappa shape index (κ2) is 6.87. The third kappa shape index (κ3) is 2.99. The predicted octanol–water partition coefficient (Wildman–Crippen LogP) is 5.85. The molecule has 1 N–H and O–H groups in total. The molecule has 2 heterocycles. The molecule has 0 radical (unpaired) electrons. The maximum absolute atomic E-state index is 14.7. The van der Waals surface area contributed by atoms with Crippen molar-refractivity contribution in [1.82, 2.24) is 9.38 Å². The van der Waals surface area contributed by atoms with Gasteiger partial charge in [-0.1, -0.05) is 0 Å². The molecule has 0 aliphatic heterocycles. The van der Waals surface area contributed by atoms with Gasteiger partial charge in [-0.2, -0.15) is 0 Å². The fourth-order valence-electron chi connectivity index (χ4n) is 3.00. The number of methoxy groups -OCH3 is 1. The summed E-state index contributed by atoms with van der Waals surface area (Å²) < 4.78 is 49.4. The zero-order chi connectivity index (χ0) is 20.0. The Kier molecular flexibility index (Phi) is 4.50. The van der Waals surface area contributed by atoms with Crippen LogP contribution in [0.15, 0.2) is 36.4 Å². The van der Waals surface area contributed by atoms with Crippen LogP contribution in [0, 0.1) is 31.3 Å². The molecule has 0 atom stereocenters. The molecule has 4 rings (SSSR count). The lowest BCUT2D eigenvalue weighted by Gasteiger charge is -2.11. The summed E-state index contributed by atoms with van der Waals surface area (Å²) in [6, 6.07) is 7.94. The summed E-state index contributed by atoms with van der Waals surface area (Å²) in [4.78, 5) is 6.11. The Morgan fingerprint density at radius 3 is 2.29 bits per heavy atom. The van der Waals surface area contributed by atoms with Gasteiger partial charge in [-0.3, -0.25) is 4.40 Å². The lowest BCUT2D eigenvalue weighted by atomic mass is 10.1. The zero-order valence-electron chi connectivity index (χ0n) is 15.3. The summed E-state index contributed by atoms with van der Waals surface area (Å²) in [7, 11) is 1.34. The van der Waals surface area contributed by atoms with Gasteiger partial charge < -0.3 is 10.1 Å². The molecule has 8 heteroatoms. The number of benzene rings is 2. The van der Waals surface area contributed by atoms with E-state index in [0.29, 0.717) is 16.5 Å². The standard InChI is InChI=1S/C20H16F3N3OS/c1-10-11(2)28-20-25-18(17-15(22)8-14(27-3)9-16(17)23)19(26(10)20)24-13-6-4-12(21)5-7-13/h4-9,24H,1-3H3. The molecular formula is C20H16F3N3OS. The minimum absolute atomic E-state index is 0.0832. The maximum Gasteiger partial charge on any atom is 0.196 e. The number of aromatic nitrogens is 2. The van der Waals surface area contributed by atoms with Crippen molar-refractivity contribution in [2.75, 3.05) is 12.4 Å². The molecule has 0 unspecified atom stereocenters. The van der Waals surface area contributed by atoms with Gasteiger partial charge in [-0.15, -0.1) is 11.3 Å². The Balaban J connectivity index is 1.95. The molecule has 0 aliphatic carbocycles. The molecule has 2 aromatic carbocycles. The first-order chi connectivity index (χ1) is 13.4. The van der Waals surface area contributed by atoms with Crippen LogP contribution in [-0.2, 0) is 0 Å². The van der Waals surface area contributed by atoms with Gasteiger partial charge in [0.2, 0.25) is 0 Å².